The van der Waals surface area contributed by atoms with E-state index >= 15 is 0 Å². The van der Waals surface area contributed by atoms with E-state index in [0.29, 0.717) is 0 Å². The van der Waals surface area contributed by atoms with Crippen LogP contribution in [-0.2, 0) is 4.79 Å². The third-order valence-electron chi connectivity index (χ3n) is 3.10. The molecule has 1 aromatic carbocycles. The van der Waals surface area contributed by atoms with Crippen molar-refractivity contribution in [3.63, 3.8) is 0 Å². The van der Waals surface area contributed by atoms with Crippen LogP contribution in [0.5, 0.6) is 5.75 Å². The molecule has 0 radical (unpaired) electrons. The van der Waals surface area contributed by atoms with Gasteiger partial charge in [0, 0.05) is 19.6 Å². The van der Waals surface area contributed by atoms with Gasteiger partial charge in [0.2, 0.25) is 5.91 Å². The van der Waals surface area contributed by atoms with E-state index in [4.69, 9.17) is 4.74 Å². The Kier molecular flexibility index (Phi) is 5.15. The number of ether oxygens (including phenoxy) is 1. The summed E-state index contributed by atoms with van der Waals surface area (Å²) in [4.78, 5) is 13.8. The molecule has 5 heteroatoms. The number of halogens is 1. The molecule has 4 nitrogen and oxygen atoms in total. The van der Waals surface area contributed by atoms with Gasteiger partial charge in [-0.25, -0.2) is 4.39 Å². The Morgan fingerprint density at radius 3 is 3.00 bits per heavy atom. The van der Waals surface area contributed by atoms with E-state index in [0.717, 1.165) is 32.6 Å². The first-order chi connectivity index (χ1) is 9.27. The standard InChI is InChI=1S/C14H19FN2O2/c15-12-4-1-2-5-13(12)19-11-6-14(18)17-9-3-7-16-8-10-17/h1-2,4-5,16H,3,6-11H2. The monoisotopic (exact) mass is 266 g/mol. The summed E-state index contributed by atoms with van der Waals surface area (Å²) in [6.45, 7) is 3.52. The summed E-state index contributed by atoms with van der Waals surface area (Å²) in [6.07, 6.45) is 1.26. The molecule has 0 aromatic heterocycles. The minimum absolute atomic E-state index is 0.0695. The van der Waals surface area contributed by atoms with Crippen molar-refractivity contribution in [2.75, 3.05) is 32.8 Å². The Morgan fingerprint density at radius 2 is 2.16 bits per heavy atom. The first kappa shape index (κ1) is 13.8. The maximum atomic E-state index is 13.3. The van der Waals surface area contributed by atoms with Crippen LogP contribution >= 0.6 is 0 Å². The molecule has 104 valence electrons. The molecule has 0 unspecified atom stereocenters. The van der Waals surface area contributed by atoms with E-state index in [9.17, 15) is 9.18 Å². The van der Waals surface area contributed by atoms with Crippen molar-refractivity contribution in [2.24, 2.45) is 0 Å². The number of hydrogen-bond acceptors (Lipinski definition) is 3. The number of amides is 1. The number of para-hydroxylation sites is 1. The lowest BCUT2D eigenvalue weighted by atomic mass is 10.3. The molecule has 1 heterocycles. The molecule has 1 fully saturated rings. The van der Waals surface area contributed by atoms with Gasteiger partial charge in [0.1, 0.15) is 0 Å². The first-order valence-corrected chi connectivity index (χ1v) is 6.63. The normalized spacial score (nSPS) is 15.9. The Morgan fingerprint density at radius 1 is 1.32 bits per heavy atom. The van der Waals surface area contributed by atoms with Crippen LogP contribution in [0.2, 0.25) is 0 Å². The zero-order valence-corrected chi connectivity index (χ0v) is 10.9. The number of nitrogens with zero attached hydrogens (tertiary/aromatic N) is 1. The number of benzene rings is 1. The van der Waals surface area contributed by atoms with E-state index in [1.807, 2.05) is 4.90 Å². The first-order valence-electron chi connectivity index (χ1n) is 6.63. The van der Waals surface area contributed by atoms with Crippen molar-refractivity contribution >= 4 is 5.91 Å². The molecule has 19 heavy (non-hydrogen) atoms. The molecule has 0 bridgehead atoms. The lowest BCUT2D eigenvalue weighted by Gasteiger charge is -2.19. The summed E-state index contributed by atoms with van der Waals surface area (Å²) in [5.74, 6) is -0.123. The van der Waals surface area contributed by atoms with Crippen LogP contribution in [0.15, 0.2) is 24.3 Å². The fraction of sp³-hybridized carbons (Fsp3) is 0.500. The number of rotatable bonds is 4. The molecule has 1 aromatic rings. The van der Waals surface area contributed by atoms with Crippen molar-refractivity contribution < 1.29 is 13.9 Å². The third kappa shape index (κ3) is 4.21. The zero-order chi connectivity index (χ0) is 13.5. The molecular weight excluding hydrogens is 247 g/mol. The van der Waals surface area contributed by atoms with Gasteiger partial charge in [-0.2, -0.15) is 0 Å². The van der Waals surface area contributed by atoms with Crippen LogP contribution in [0.1, 0.15) is 12.8 Å². The molecular formula is C14H19FN2O2. The molecule has 1 saturated heterocycles. The lowest BCUT2D eigenvalue weighted by Crippen LogP contribution is -2.34. The predicted molar refractivity (Wildman–Crippen MR) is 70.6 cm³/mol. The number of nitrogens with one attached hydrogen (secondary N) is 1. The van der Waals surface area contributed by atoms with Gasteiger partial charge < -0.3 is 15.0 Å². The molecule has 0 atom stereocenters. The number of carbonyl (C=O) groups is 1. The van der Waals surface area contributed by atoms with Crippen molar-refractivity contribution in [1.82, 2.24) is 10.2 Å². The SMILES string of the molecule is O=C(CCOc1ccccc1F)N1CCCNCC1. The summed E-state index contributed by atoms with van der Waals surface area (Å²) in [7, 11) is 0. The van der Waals surface area contributed by atoms with Crippen LogP contribution < -0.4 is 10.1 Å². The summed E-state index contributed by atoms with van der Waals surface area (Å²) >= 11 is 0. The molecule has 1 aliphatic heterocycles. The summed E-state index contributed by atoms with van der Waals surface area (Å²) in [6, 6.07) is 6.23. The molecule has 0 spiro atoms. The fourth-order valence-electron chi connectivity index (χ4n) is 2.06. The van der Waals surface area contributed by atoms with Crippen LogP contribution in [-0.4, -0.2) is 43.6 Å². The molecule has 1 amide bonds. The Labute approximate surface area is 112 Å². The van der Waals surface area contributed by atoms with E-state index in [2.05, 4.69) is 5.32 Å². The minimum Gasteiger partial charge on any atom is -0.490 e. The third-order valence-corrected chi connectivity index (χ3v) is 3.10. The van der Waals surface area contributed by atoms with Crippen molar-refractivity contribution in [1.29, 1.82) is 0 Å². The van der Waals surface area contributed by atoms with Gasteiger partial charge in [-0.3, -0.25) is 4.79 Å². The number of hydrogen-bond donors (Lipinski definition) is 1. The Bertz CT molecular complexity index is 418. The Balaban J connectivity index is 1.76. The smallest absolute Gasteiger partial charge is 0.226 e. The van der Waals surface area contributed by atoms with Gasteiger partial charge in [-0.05, 0) is 25.1 Å². The van der Waals surface area contributed by atoms with Crippen LogP contribution in [0, 0.1) is 5.82 Å². The molecule has 1 aliphatic rings. The van der Waals surface area contributed by atoms with Crippen molar-refractivity contribution in [3.05, 3.63) is 30.1 Å². The molecule has 0 saturated carbocycles. The quantitative estimate of drug-likeness (QED) is 0.896. The highest BCUT2D eigenvalue weighted by atomic mass is 19.1. The van der Waals surface area contributed by atoms with Gasteiger partial charge in [0.25, 0.3) is 0 Å². The highest BCUT2D eigenvalue weighted by molar-refractivity contribution is 5.76. The lowest BCUT2D eigenvalue weighted by molar-refractivity contribution is -0.131. The van der Waals surface area contributed by atoms with Gasteiger partial charge in [0.05, 0.1) is 13.0 Å². The van der Waals surface area contributed by atoms with Gasteiger partial charge in [0.15, 0.2) is 11.6 Å². The Hall–Kier alpha value is -1.62. The minimum atomic E-state index is -0.395. The molecule has 0 aliphatic carbocycles. The predicted octanol–water partition coefficient (Wildman–Crippen LogP) is 1.42. The van der Waals surface area contributed by atoms with E-state index in [1.165, 1.54) is 6.07 Å². The highest BCUT2D eigenvalue weighted by Gasteiger charge is 2.15. The van der Waals surface area contributed by atoms with Crippen LogP contribution in [0.3, 0.4) is 0 Å². The second-order valence-electron chi connectivity index (χ2n) is 4.51. The maximum absolute atomic E-state index is 13.3. The number of carbonyl (C=O) groups excluding carboxylic acids is 1. The highest BCUT2D eigenvalue weighted by Crippen LogP contribution is 2.15. The van der Waals surface area contributed by atoms with Crippen LogP contribution in [0.4, 0.5) is 4.39 Å². The van der Waals surface area contributed by atoms with Crippen LogP contribution in [0.25, 0.3) is 0 Å². The topological polar surface area (TPSA) is 41.6 Å². The second kappa shape index (κ2) is 7.09. The van der Waals surface area contributed by atoms with Gasteiger partial charge in [-0.15, -0.1) is 0 Å². The van der Waals surface area contributed by atoms with E-state index in [1.54, 1.807) is 18.2 Å². The summed E-state index contributed by atoms with van der Waals surface area (Å²) < 4.78 is 18.6. The fourth-order valence-corrected chi connectivity index (χ4v) is 2.06. The van der Waals surface area contributed by atoms with E-state index < -0.39 is 5.82 Å². The second-order valence-corrected chi connectivity index (χ2v) is 4.51. The average Bonchev–Trinajstić information content (AvgIpc) is 2.70. The van der Waals surface area contributed by atoms with Crippen molar-refractivity contribution in [3.8, 4) is 5.75 Å². The summed E-state index contributed by atoms with van der Waals surface area (Å²) in [5.41, 5.74) is 0. The molecule has 2 rings (SSSR count). The maximum Gasteiger partial charge on any atom is 0.226 e. The zero-order valence-electron chi connectivity index (χ0n) is 10.9. The summed E-state index contributed by atoms with van der Waals surface area (Å²) in [5, 5.41) is 3.25. The van der Waals surface area contributed by atoms with E-state index in [-0.39, 0.29) is 24.7 Å². The largest absolute Gasteiger partial charge is 0.490 e. The van der Waals surface area contributed by atoms with Gasteiger partial charge in [-0.1, -0.05) is 12.1 Å². The van der Waals surface area contributed by atoms with Crippen molar-refractivity contribution in [2.45, 2.75) is 12.8 Å². The van der Waals surface area contributed by atoms with Gasteiger partial charge >= 0.3 is 0 Å². The average molecular weight is 266 g/mol. The molecule has 1 N–H and O–H groups in total.